The standard InChI is InChI=1S/C23H28BrN3O2/c1-15-8-10-21(19(24)12-15)27-22(28)14-25-20-11-9-17(13-16(20)2)23(29)26-18-6-4-3-5-7-18/h8-13,18,25H,3-7,14H2,1-2H3,(H,26,29)(H,27,28). The molecule has 0 bridgehead atoms. The lowest BCUT2D eigenvalue weighted by Crippen LogP contribution is -2.36. The van der Waals surface area contributed by atoms with E-state index in [1.54, 1.807) is 0 Å². The van der Waals surface area contributed by atoms with E-state index in [0.29, 0.717) is 11.6 Å². The third-order valence-corrected chi connectivity index (χ3v) is 5.92. The monoisotopic (exact) mass is 457 g/mol. The Balaban J connectivity index is 1.54. The Morgan fingerprint density at radius 2 is 1.72 bits per heavy atom. The Labute approximate surface area is 180 Å². The van der Waals surface area contributed by atoms with Crippen molar-refractivity contribution in [2.75, 3.05) is 17.2 Å². The molecule has 154 valence electrons. The number of hydrogen-bond donors (Lipinski definition) is 3. The van der Waals surface area contributed by atoms with Gasteiger partial charge in [-0.15, -0.1) is 0 Å². The molecule has 29 heavy (non-hydrogen) atoms. The van der Waals surface area contributed by atoms with Crippen LogP contribution in [0.15, 0.2) is 40.9 Å². The SMILES string of the molecule is Cc1ccc(NC(=O)CNc2ccc(C(=O)NC3CCCCC3)cc2C)c(Br)c1. The number of carbonyl (C=O) groups excluding carboxylic acids is 2. The maximum atomic E-state index is 12.5. The Kier molecular flexibility index (Phi) is 7.31. The predicted molar refractivity (Wildman–Crippen MR) is 122 cm³/mol. The lowest BCUT2D eigenvalue weighted by Gasteiger charge is -2.23. The molecule has 1 aliphatic carbocycles. The van der Waals surface area contributed by atoms with Gasteiger partial charge in [0.2, 0.25) is 5.91 Å². The van der Waals surface area contributed by atoms with Gasteiger partial charge in [-0.25, -0.2) is 0 Å². The smallest absolute Gasteiger partial charge is 0.251 e. The fourth-order valence-corrected chi connectivity index (χ4v) is 4.20. The van der Waals surface area contributed by atoms with Crippen LogP contribution in [0, 0.1) is 13.8 Å². The number of hydrogen-bond acceptors (Lipinski definition) is 3. The van der Waals surface area contributed by atoms with Crippen LogP contribution >= 0.6 is 15.9 Å². The molecule has 0 aliphatic heterocycles. The Bertz CT molecular complexity index is 892. The molecule has 1 aliphatic rings. The first-order valence-corrected chi connectivity index (χ1v) is 10.9. The van der Waals surface area contributed by atoms with Gasteiger partial charge in [0.25, 0.3) is 5.91 Å². The second-order valence-electron chi connectivity index (χ2n) is 7.72. The highest BCUT2D eigenvalue weighted by Crippen LogP contribution is 2.23. The van der Waals surface area contributed by atoms with E-state index in [9.17, 15) is 9.59 Å². The minimum absolute atomic E-state index is 0.0199. The first-order valence-electron chi connectivity index (χ1n) is 10.1. The summed E-state index contributed by atoms with van der Waals surface area (Å²) in [5.41, 5.74) is 4.31. The average molecular weight is 458 g/mol. The van der Waals surface area contributed by atoms with E-state index in [2.05, 4.69) is 31.9 Å². The number of anilines is 2. The van der Waals surface area contributed by atoms with Crippen LogP contribution in [0.1, 0.15) is 53.6 Å². The van der Waals surface area contributed by atoms with E-state index >= 15 is 0 Å². The molecule has 3 rings (SSSR count). The lowest BCUT2D eigenvalue weighted by molar-refractivity contribution is -0.114. The molecule has 0 unspecified atom stereocenters. The van der Waals surface area contributed by atoms with Crippen LogP contribution in [-0.4, -0.2) is 24.4 Å². The van der Waals surface area contributed by atoms with E-state index in [1.165, 1.54) is 19.3 Å². The third kappa shape index (κ3) is 6.07. The van der Waals surface area contributed by atoms with Crippen molar-refractivity contribution in [3.05, 3.63) is 57.6 Å². The van der Waals surface area contributed by atoms with E-state index < -0.39 is 0 Å². The van der Waals surface area contributed by atoms with Gasteiger partial charge in [-0.05, 0) is 84.1 Å². The van der Waals surface area contributed by atoms with E-state index in [-0.39, 0.29) is 18.4 Å². The largest absolute Gasteiger partial charge is 0.376 e. The summed E-state index contributed by atoms with van der Waals surface area (Å²) < 4.78 is 0.857. The van der Waals surface area contributed by atoms with Crippen LogP contribution in [0.25, 0.3) is 0 Å². The second kappa shape index (κ2) is 9.92. The summed E-state index contributed by atoms with van der Waals surface area (Å²) in [7, 11) is 0. The highest BCUT2D eigenvalue weighted by Gasteiger charge is 2.17. The first kappa shape index (κ1) is 21.4. The molecule has 3 N–H and O–H groups in total. The summed E-state index contributed by atoms with van der Waals surface area (Å²) in [6.45, 7) is 4.09. The number of rotatable bonds is 6. The van der Waals surface area contributed by atoms with Crippen LogP contribution in [0.3, 0.4) is 0 Å². The summed E-state index contributed by atoms with van der Waals surface area (Å²) in [6, 6.07) is 11.6. The molecule has 0 heterocycles. The topological polar surface area (TPSA) is 70.2 Å². The molecular weight excluding hydrogens is 430 g/mol. The van der Waals surface area contributed by atoms with Crippen molar-refractivity contribution in [3.8, 4) is 0 Å². The van der Waals surface area contributed by atoms with Crippen molar-refractivity contribution in [3.63, 3.8) is 0 Å². The Hall–Kier alpha value is -2.34. The number of benzene rings is 2. The molecule has 2 aromatic rings. The van der Waals surface area contributed by atoms with Gasteiger partial charge in [-0.2, -0.15) is 0 Å². The molecule has 6 heteroatoms. The fourth-order valence-electron chi connectivity index (χ4n) is 3.61. The molecular formula is C23H28BrN3O2. The molecule has 1 fully saturated rings. The maximum Gasteiger partial charge on any atom is 0.251 e. The van der Waals surface area contributed by atoms with Gasteiger partial charge < -0.3 is 16.0 Å². The maximum absolute atomic E-state index is 12.5. The zero-order valence-electron chi connectivity index (χ0n) is 17.0. The van der Waals surface area contributed by atoms with Crippen LogP contribution in [0.4, 0.5) is 11.4 Å². The molecule has 0 atom stereocenters. The molecule has 2 aromatic carbocycles. The van der Waals surface area contributed by atoms with Gasteiger partial charge in [0, 0.05) is 21.8 Å². The summed E-state index contributed by atoms with van der Waals surface area (Å²) in [5.74, 6) is -0.151. The van der Waals surface area contributed by atoms with Crippen molar-refractivity contribution >= 4 is 39.1 Å². The zero-order valence-corrected chi connectivity index (χ0v) is 18.6. The second-order valence-corrected chi connectivity index (χ2v) is 8.58. The van der Waals surface area contributed by atoms with Crippen molar-refractivity contribution in [2.45, 2.75) is 52.0 Å². The number of nitrogens with one attached hydrogen (secondary N) is 3. The number of halogens is 1. The van der Waals surface area contributed by atoms with Gasteiger partial charge in [-0.1, -0.05) is 25.3 Å². The quantitative estimate of drug-likeness (QED) is 0.559. The summed E-state index contributed by atoms with van der Waals surface area (Å²) >= 11 is 3.47. The first-order chi connectivity index (χ1) is 13.9. The van der Waals surface area contributed by atoms with Gasteiger partial charge in [-0.3, -0.25) is 9.59 Å². The van der Waals surface area contributed by atoms with Crippen LogP contribution in [0.5, 0.6) is 0 Å². The fraction of sp³-hybridized carbons (Fsp3) is 0.391. The number of aryl methyl sites for hydroxylation is 2. The van der Waals surface area contributed by atoms with E-state index in [1.807, 2.05) is 50.2 Å². The minimum atomic E-state index is -0.131. The molecule has 5 nitrogen and oxygen atoms in total. The molecule has 2 amide bonds. The highest BCUT2D eigenvalue weighted by atomic mass is 79.9. The molecule has 0 aromatic heterocycles. The molecule has 1 saturated carbocycles. The molecule has 0 radical (unpaired) electrons. The zero-order chi connectivity index (χ0) is 20.8. The predicted octanol–water partition coefficient (Wildman–Crippen LogP) is 5.18. The third-order valence-electron chi connectivity index (χ3n) is 5.27. The van der Waals surface area contributed by atoms with E-state index in [0.717, 1.165) is 39.8 Å². The normalized spacial score (nSPS) is 14.3. The van der Waals surface area contributed by atoms with Crippen molar-refractivity contribution in [2.24, 2.45) is 0 Å². The van der Waals surface area contributed by atoms with Crippen LogP contribution in [0.2, 0.25) is 0 Å². The minimum Gasteiger partial charge on any atom is -0.376 e. The Morgan fingerprint density at radius 1 is 1.00 bits per heavy atom. The van der Waals surface area contributed by atoms with Crippen molar-refractivity contribution in [1.29, 1.82) is 0 Å². The van der Waals surface area contributed by atoms with Crippen molar-refractivity contribution < 1.29 is 9.59 Å². The van der Waals surface area contributed by atoms with Gasteiger partial charge in [0.1, 0.15) is 0 Å². The van der Waals surface area contributed by atoms with Gasteiger partial charge in [0.05, 0.1) is 12.2 Å². The average Bonchev–Trinajstić information content (AvgIpc) is 2.70. The highest BCUT2D eigenvalue weighted by molar-refractivity contribution is 9.10. The molecule has 0 saturated heterocycles. The van der Waals surface area contributed by atoms with Crippen LogP contribution in [-0.2, 0) is 4.79 Å². The van der Waals surface area contributed by atoms with Crippen molar-refractivity contribution in [1.82, 2.24) is 5.32 Å². The summed E-state index contributed by atoms with van der Waals surface area (Å²) in [6.07, 6.45) is 5.77. The lowest BCUT2D eigenvalue weighted by atomic mass is 9.95. The number of amides is 2. The number of carbonyl (C=O) groups is 2. The molecule has 0 spiro atoms. The summed E-state index contributed by atoms with van der Waals surface area (Å²) in [4.78, 5) is 24.8. The van der Waals surface area contributed by atoms with Gasteiger partial charge in [0.15, 0.2) is 0 Å². The summed E-state index contributed by atoms with van der Waals surface area (Å²) in [5, 5.41) is 9.18. The Morgan fingerprint density at radius 3 is 2.41 bits per heavy atom. The van der Waals surface area contributed by atoms with Gasteiger partial charge >= 0.3 is 0 Å². The van der Waals surface area contributed by atoms with Crippen LogP contribution < -0.4 is 16.0 Å². The van der Waals surface area contributed by atoms with E-state index in [4.69, 9.17) is 0 Å².